The second-order valence-electron chi connectivity index (χ2n) is 3.05. The van der Waals surface area contributed by atoms with Crippen LogP contribution in [0.25, 0.3) is 0 Å². The molecule has 0 atom stereocenters. The molecule has 16 heavy (non-hydrogen) atoms. The van der Waals surface area contributed by atoms with Crippen LogP contribution in [0, 0.1) is 0 Å². The van der Waals surface area contributed by atoms with Crippen LogP contribution in [0.5, 0.6) is 5.75 Å². The average molecular weight is 234 g/mol. The number of aromatic nitrogens is 1. The number of methoxy groups -OCH3 is 1. The Morgan fingerprint density at radius 1 is 1.50 bits per heavy atom. The minimum absolute atomic E-state index is 0.165. The summed E-state index contributed by atoms with van der Waals surface area (Å²) in [5.74, 6) is 0.980. The van der Waals surface area contributed by atoms with E-state index < -0.39 is 0 Å². The van der Waals surface area contributed by atoms with Crippen molar-refractivity contribution in [1.29, 1.82) is 0 Å². The quantitative estimate of drug-likeness (QED) is 0.887. The summed E-state index contributed by atoms with van der Waals surface area (Å²) < 4.78 is 5.04. The Labute approximate surface area is 96.9 Å². The zero-order valence-corrected chi connectivity index (χ0v) is 9.45. The maximum absolute atomic E-state index is 11.7. The van der Waals surface area contributed by atoms with E-state index in [9.17, 15) is 4.79 Å². The van der Waals surface area contributed by atoms with Crippen molar-refractivity contribution in [3.63, 3.8) is 0 Å². The second kappa shape index (κ2) is 4.76. The predicted octanol–water partition coefficient (Wildman–Crippen LogP) is 2.40. The van der Waals surface area contributed by atoms with Crippen molar-refractivity contribution in [2.45, 2.75) is 0 Å². The number of thiophene rings is 1. The van der Waals surface area contributed by atoms with E-state index in [0.29, 0.717) is 17.1 Å². The highest BCUT2D eigenvalue weighted by Gasteiger charge is 2.07. The van der Waals surface area contributed by atoms with E-state index in [-0.39, 0.29) is 5.91 Å². The maximum Gasteiger partial charge on any atom is 0.257 e. The average Bonchev–Trinajstić information content (AvgIpc) is 2.83. The lowest BCUT2D eigenvalue weighted by Crippen LogP contribution is -2.11. The van der Waals surface area contributed by atoms with Crippen molar-refractivity contribution in [2.75, 3.05) is 12.4 Å². The summed E-state index contributed by atoms with van der Waals surface area (Å²) in [6, 6.07) is 5.16. The molecule has 0 bridgehead atoms. The van der Waals surface area contributed by atoms with Gasteiger partial charge in [0, 0.05) is 17.6 Å². The molecule has 2 aromatic heterocycles. The number of rotatable bonds is 3. The van der Waals surface area contributed by atoms with Crippen LogP contribution in [0.3, 0.4) is 0 Å². The third kappa shape index (κ3) is 2.38. The van der Waals surface area contributed by atoms with Crippen LogP contribution in [0.15, 0.2) is 35.2 Å². The van der Waals surface area contributed by atoms with Crippen molar-refractivity contribution in [1.82, 2.24) is 4.98 Å². The monoisotopic (exact) mass is 234 g/mol. The van der Waals surface area contributed by atoms with Gasteiger partial charge in [0.25, 0.3) is 5.91 Å². The molecule has 0 aliphatic rings. The first kappa shape index (κ1) is 10.6. The summed E-state index contributed by atoms with van der Waals surface area (Å²) in [5.41, 5.74) is 0.634. The van der Waals surface area contributed by atoms with Crippen molar-refractivity contribution in [3.05, 3.63) is 40.7 Å². The highest BCUT2D eigenvalue weighted by molar-refractivity contribution is 7.08. The van der Waals surface area contributed by atoms with Crippen molar-refractivity contribution in [2.24, 2.45) is 0 Å². The fraction of sp³-hybridized carbons (Fsp3) is 0.0909. The number of ether oxygens (including phenoxy) is 1. The van der Waals surface area contributed by atoms with Crippen molar-refractivity contribution < 1.29 is 9.53 Å². The Hall–Kier alpha value is -1.88. The molecule has 2 heterocycles. The Kier molecular flexibility index (Phi) is 3.16. The lowest BCUT2D eigenvalue weighted by atomic mass is 10.3. The Balaban J connectivity index is 2.12. The maximum atomic E-state index is 11.7. The second-order valence-corrected chi connectivity index (χ2v) is 3.83. The molecule has 82 valence electrons. The van der Waals surface area contributed by atoms with Gasteiger partial charge in [-0.15, -0.1) is 0 Å². The molecule has 0 radical (unpaired) electrons. The van der Waals surface area contributed by atoms with Crippen LogP contribution < -0.4 is 10.1 Å². The molecular weight excluding hydrogens is 224 g/mol. The molecule has 0 saturated carbocycles. The molecule has 0 unspecified atom stereocenters. The van der Waals surface area contributed by atoms with Crippen molar-refractivity contribution in [3.8, 4) is 5.75 Å². The van der Waals surface area contributed by atoms with Gasteiger partial charge in [0.15, 0.2) is 0 Å². The third-order valence-corrected chi connectivity index (χ3v) is 2.68. The highest BCUT2D eigenvalue weighted by Crippen LogP contribution is 2.15. The fourth-order valence-corrected chi connectivity index (χ4v) is 1.82. The Morgan fingerprint density at radius 2 is 2.38 bits per heavy atom. The molecule has 4 nitrogen and oxygen atoms in total. The van der Waals surface area contributed by atoms with Crippen LogP contribution >= 0.6 is 11.3 Å². The van der Waals surface area contributed by atoms with Gasteiger partial charge in [0.1, 0.15) is 11.6 Å². The minimum Gasteiger partial charge on any atom is -0.497 e. The fourth-order valence-electron chi connectivity index (χ4n) is 1.19. The summed E-state index contributed by atoms with van der Waals surface area (Å²) in [6.45, 7) is 0. The van der Waals surface area contributed by atoms with Crippen LogP contribution in [0.1, 0.15) is 10.4 Å². The summed E-state index contributed by atoms with van der Waals surface area (Å²) in [4.78, 5) is 15.7. The normalized spacial score (nSPS) is 9.81. The van der Waals surface area contributed by atoms with Gasteiger partial charge in [0.2, 0.25) is 0 Å². The van der Waals surface area contributed by atoms with Crippen LogP contribution in [0.4, 0.5) is 5.82 Å². The van der Waals surface area contributed by atoms with Gasteiger partial charge < -0.3 is 10.1 Å². The van der Waals surface area contributed by atoms with Crippen LogP contribution in [0.2, 0.25) is 0 Å². The number of hydrogen-bond acceptors (Lipinski definition) is 4. The lowest BCUT2D eigenvalue weighted by Gasteiger charge is -2.04. The minimum atomic E-state index is -0.165. The lowest BCUT2D eigenvalue weighted by molar-refractivity contribution is 0.102. The van der Waals surface area contributed by atoms with E-state index in [1.807, 2.05) is 5.38 Å². The molecule has 0 aliphatic heterocycles. The third-order valence-electron chi connectivity index (χ3n) is 1.99. The number of carbonyl (C=O) groups excluding carboxylic acids is 1. The molecule has 1 amide bonds. The summed E-state index contributed by atoms with van der Waals surface area (Å²) in [7, 11) is 1.57. The van der Waals surface area contributed by atoms with E-state index in [2.05, 4.69) is 10.3 Å². The van der Waals surface area contributed by atoms with E-state index >= 15 is 0 Å². The smallest absolute Gasteiger partial charge is 0.257 e. The highest BCUT2D eigenvalue weighted by atomic mass is 32.1. The Bertz CT molecular complexity index is 482. The summed E-state index contributed by atoms with van der Waals surface area (Å²) in [5, 5.41) is 6.34. The number of amides is 1. The summed E-state index contributed by atoms with van der Waals surface area (Å²) in [6.07, 6.45) is 1.59. The zero-order chi connectivity index (χ0) is 11.4. The SMILES string of the molecule is COc1ccnc(NC(=O)c2ccsc2)c1. The van der Waals surface area contributed by atoms with Crippen molar-refractivity contribution >= 4 is 23.1 Å². The van der Waals surface area contributed by atoms with Gasteiger partial charge >= 0.3 is 0 Å². The first-order chi connectivity index (χ1) is 7.79. The van der Waals surface area contributed by atoms with Crippen LogP contribution in [-0.4, -0.2) is 18.0 Å². The topological polar surface area (TPSA) is 51.2 Å². The van der Waals surface area contributed by atoms with Crippen LogP contribution in [-0.2, 0) is 0 Å². The first-order valence-corrected chi connectivity index (χ1v) is 5.57. The van der Waals surface area contributed by atoms with E-state index in [1.165, 1.54) is 11.3 Å². The zero-order valence-electron chi connectivity index (χ0n) is 8.64. The van der Waals surface area contributed by atoms with Gasteiger partial charge in [0.05, 0.1) is 12.7 Å². The molecule has 0 aliphatic carbocycles. The van der Waals surface area contributed by atoms with Gasteiger partial charge in [-0.3, -0.25) is 4.79 Å². The summed E-state index contributed by atoms with van der Waals surface area (Å²) >= 11 is 1.48. The van der Waals surface area contributed by atoms with Gasteiger partial charge in [-0.1, -0.05) is 0 Å². The standard InChI is InChI=1S/C11H10N2O2S/c1-15-9-2-4-12-10(6-9)13-11(14)8-3-5-16-7-8/h2-7H,1H3,(H,12,13,14). The first-order valence-electron chi connectivity index (χ1n) is 4.63. The van der Waals surface area contributed by atoms with E-state index in [1.54, 1.807) is 36.9 Å². The molecule has 0 spiro atoms. The molecule has 0 fully saturated rings. The molecule has 1 N–H and O–H groups in total. The molecule has 0 aromatic carbocycles. The molecule has 2 rings (SSSR count). The number of nitrogens with one attached hydrogen (secondary N) is 1. The number of carbonyl (C=O) groups is 1. The Morgan fingerprint density at radius 3 is 3.06 bits per heavy atom. The molecular formula is C11H10N2O2S. The number of hydrogen-bond donors (Lipinski definition) is 1. The predicted molar refractivity (Wildman–Crippen MR) is 63.1 cm³/mol. The largest absolute Gasteiger partial charge is 0.497 e. The van der Waals surface area contributed by atoms with Gasteiger partial charge in [-0.25, -0.2) is 4.98 Å². The molecule has 0 saturated heterocycles. The van der Waals surface area contributed by atoms with Gasteiger partial charge in [-0.2, -0.15) is 11.3 Å². The molecule has 2 aromatic rings. The molecule has 5 heteroatoms. The number of anilines is 1. The van der Waals surface area contributed by atoms with E-state index in [4.69, 9.17) is 4.74 Å². The van der Waals surface area contributed by atoms with E-state index in [0.717, 1.165) is 0 Å². The van der Waals surface area contributed by atoms with Gasteiger partial charge in [-0.05, 0) is 17.5 Å². The number of pyridine rings is 1. The number of nitrogens with zero attached hydrogens (tertiary/aromatic N) is 1.